The molecule has 3 rings (SSSR count). The normalized spacial score (nSPS) is 11.2. The number of aromatic amines is 1. The summed E-state index contributed by atoms with van der Waals surface area (Å²) in [7, 11) is 0. The zero-order chi connectivity index (χ0) is 10.4. The molecule has 5 heteroatoms. The summed E-state index contributed by atoms with van der Waals surface area (Å²) >= 11 is 0. The van der Waals surface area contributed by atoms with Crippen molar-refractivity contribution < 1.29 is 4.52 Å². The van der Waals surface area contributed by atoms with Crippen LogP contribution in [0.2, 0.25) is 0 Å². The monoisotopic (exact) mass is 202 g/mol. The standard InChI is InChI=1S/C10H6N2O3/c13-9-8-7(15-11-9)5-6-3-1-2-4-12(6)10(8)14/h1-5H,(H,11,13). The molecule has 5 nitrogen and oxygen atoms in total. The van der Waals surface area contributed by atoms with Crippen LogP contribution >= 0.6 is 0 Å². The van der Waals surface area contributed by atoms with Gasteiger partial charge in [-0.1, -0.05) is 6.07 Å². The van der Waals surface area contributed by atoms with Crippen LogP contribution in [0.15, 0.2) is 44.6 Å². The Bertz CT molecular complexity index is 763. The summed E-state index contributed by atoms with van der Waals surface area (Å²) in [5, 5.41) is 2.20. The van der Waals surface area contributed by atoms with E-state index in [1.54, 1.807) is 24.4 Å². The number of hydrogen-bond donors (Lipinski definition) is 1. The molecule has 3 heterocycles. The van der Waals surface area contributed by atoms with Crippen LogP contribution in [0, 0.1) is 0 Å². The summed E-state index contributed by atoms with van der Waals surface area (Å²) in [4.78, 5) is 23.1. The Morgan fingerprint density at radius 1 is 1.27 bits per heavy atom. The molecule has 0 aromatic carbocycles. The number of nitrogens with one attached hydrogen (secondary N) is 1. The van der Waals surface area contributed by atoms with E-state index < -0.39 is 5.56 Å². The maximum Gasteiger partial charge on any atom is 0.293 e. The van der Waals surface area contributed by atoms with Crippen molar-refractivity contribution in [2.24, 2.45) is 0 Å². The number of pyridine rings is 2. The molecule has 0 aliphatic carbocycles. The summed E-state index contributed by atoms with van der Waals surface area (Å²) in [5.74, 6) is 0. The molecular weight excluding hydrogens is 196 g/mol. The molecule has 0 spiro atoms. The largest absolute Gasteiger partial charge is 0.378 e. The van der Waals surface area contributed by atoms with Crippen molar-refractivity contribution in [3.8, 4) is 0 Å². The summed E-state index contributed by atoms with van der Waals surface area (Å²) in [5.41, 5.74) is 0.125. The van der Waals surface area contributed by atoms with E-state index in [9.17, 15) is 9.59 Å². The zero-order valence-electron chi connectivity index (χ0n) is 7.56. The Morgan fingerprint density at radius 2 is 2.13 bits per heavy atom. The Hall–Kier alpha value is -2.30. The van der Waals surface area contributed by atoms with E-state index in [2.05, 4.69) is 5.16 Å². The van der Waals surface area contributed by atoms with Gasteiger partial charge >= 0.3 is 0 Å². The molecule has 1 N–H and O–H groups in total. The highest BCUT2D eigenvalue weighted by atomic mass is 16.5. The third-order valence-electron chi connectivity index (χ3n) is 2.33. The van der Waals surface area contributed by atoms with E-state index in [1.165, 1.54) is 4.40 Å². The second-order valence-electron chi connectivity index (χ2n) is 3.22. The smallest absolute Gasteiger partial charge is 0.293 e. The number of H-pyrrole nitrogens is 1. The molecule has 0 saturated heterocycles. The molecule has 3 aromatic heterocycles. The van der Waals surface area contributed by atoms with Crippen molar-refractivity contribution in [2.45, 2.75) is 0 Å². The first kappa shape index (κ1) is 8.05. The first-order valence-corrected chi connectivity index (χ1v) is 4.39. The molecule has 0 saturated carbocycles. The highest BCUT2D eigenvalue weighted by Gasteiger charge is 2.10. The quantitative estimate of drug-likeness (QED) is 0.584. The van der Waals surface area contributed by atoms with Gasteiger partial charge in [0.15, 0.2) is 11.0 Å². The van der Waals surface area contributed by atoms with Crippen molar-refractivity contribution in [1.82, 2.24) is 9.56 Å². The van der Waals surface area contributed by atoms with Gasteiger partial charge in [0, 0.05) is 12.3 Å². The van der Waals surface area contributed by atoms with Crippen molar-refractivity contribution in [3.63, 3.8) is 0 Å². The lowest BCUT2D eigenvalue weighted by atomic mass is 10.3. The molecule has 0 unspecified atom stereocenters. The fourth-order valence-corrected chi connectivity index (χ4v) is 1.63. The maximum atomic E-state index is 11.9. The number of hydrogen-bond acceptors (Lipinski definition) is 3. The Morgan fingerprint density at radius 3 is 3.00 bits per heavy atom. The number of nitrogens with zero attached hydrogens (tertiary/aromatic N) is 1. The lowest BCUT2D eigenvalue weighted by Gasteiger charge is -1.97. The van der Waals surface area contributed by atoms with Crippen LogP contribution in [0.3, 0.4) is 0 Å². The molecule has 0 aliphatic heterocycles. The van der Waals surface area contributed by atoms with Gasteiger partial charge in [0.2, 0.25) is 0 Å². The van der Waals surface area contributed by atoms with Crippen LogP contribution in [-0.2, 0) is 0 Å². The van der Waals surface area contributed by atoms with Gasteiger partial charge in [-0.15, -0.1) is 0 Å². The van der Waals surface area contributed by atoms with E-state index in [-0.39, 0.29) is 16.5 Å². The summed E-state index contributed by atoms with van der Waals surface area (Å²) in [6, 6.07) is 6.96. The molecule has 74 valence electrons. The zero-order valence-corrected chi connectivity index (χ0v) is 7.56. The van der Waals surface area contributed by atoms with Gasteiger partial charge in [-0.3, -0.25) is 14.0 Å². The van der Waals surface area contributed by atoms with Gasteiger partial charge in [-0.25, -0.2) is 0 Å². The van der Waals surface area contributed by atoms with Crippen LogP contribution in [0.4, 0.5) is 0 Å². The Labute approximate surface area is 82.5 Å². The molecule has 0 atom stereocenters. The second-order valence-corrected chi connectivity index (χ2v) is 3.22. The summed E-state index contributed by atoms with van der Waals surface area (Å²) in [6.45, 7) is 0. The van der Waals surface area contributed by atoms with Crippen LogP contribution in [0.1, 0.15) is 0 Å². The molecule has 0 fully saturated rings. The van der Waals surface area contributed by atoms with Gasteiger partial charge in [-0.2, -0.15) is 5.16 Å². The van der Waals surface area contributed by atoms with E-state index >= 15 is 0 Å². The third kappa shape index (κ3) is 0.969. The predicted molar refractivity (Wildman–Crippen MR) is 54.1 cm³/mol. The van der Waals surface area contributed by atoms with Gasteiger partial charge in [0.1, 0.15) is 0 Å². The molecule has 0 bridgehead atoms. The highest BCUT2D eigenvalue weighted by Crippen LogP contribution is 2.08. The number of aromatic nitrogens is 2. The van der Waals surface area contributed by atoms with E-state index in [4.69, 9.17) is 4.52 Å². The lowest BCUT2D eigenvalue weighted by molar-refractivity contribution is 0.449. The minimum Gasteiger partial charge on any atom is -0.378 e. The fraction of sp³-hybridized carbons (Fsp3) is 0. The van der Waals surface area contributed by atoms with Crippen molar-refractivity contribution in [2.75, 3.05) is 0 Å². The highest BCUT2D eigenvalue weighted by molar-refractivity contribution is 5.79. The van der Waals surface area contributed by atoms with Crippen molar-refractivity contribution >= 4 is 16.5 Å². The minimum absolute atomic E-state index is 0.0544. The van der Waals surface area contributed by atoms with Gasteiger partial charge in [0.25, 0.3) is 11.1 Å². The van der Waals surface area contributed by atoms with Crippen molar-refractivity contribution in [1.29, 1.82) is 0 Å². The van der Waals surface area contributed by atoms with E-state index in [0.717, 1.165) is 0 Å². The Kier molecular flexibility index (Phi) is 1.39. The Balaban J connectivity index is 2.75. The minimum atomic E-state index is -0.492. The maximum absolute atomic E-state index is 11.9. The molecular formula is C10H6N2O3. The van der Waals surface area contributed by atoms with Crippen LogP contribution in [0.25, 0.3) is 16.5 Å². The summed E-state index contributed by atoms with van der Waals surface area (Å²) < 4.78 is 6.30. The van der Waals surface area contributed by atoms with E-state index in [1.807, 2.05) is 6.07 Å². The third-order valence-corrected chi connectivity index (χ3v) is 2.33. The van der Waals surface area contributed by atoms with Gasteiger partial charge in [0.05, 0.1) is 5.52 Å². The lowest BCUT2D eigenvalue weighted by Crippen LogP contribution is -2.17. The van der Waals surface area contributed by atoms with E-state index in [0.29, 0.717) is 5.52 Å². The first-order chi connectivity index (χ1) is 7.27. The fourth-order valence-electron chi connectivity index (χ4n) is 1.63. The molecule has 0 amide bonds. The average Bonchev–Trinajstić information content (AvgIpc) is 2.61. The van der Waals surface area contributed by atoms with Gasteiger partial charge in [-0.05, 0) is 12.1 Å². The first-order valence-electron chi connectivity index (χ1n) is 4.39. The number of fused-ring (bicyclic) bond motifs is 2. The SMILES string of the molecule is O=c1[nH]oc2cc3ccccn3c(=O)c12. The number of rotatable bonds is 0. The molecule has 15 heavy (non-hydrogen) atoms. The average molecular weight is 202 g/mol. The van der Waals surface area contributed by atoms with Crippen LogP contribution < -0.4 is 11.1 Å². The van der Waals surface area contributed by atoms with Crippen LogP contribution in [-0.4, -0.2) is 9.56 Å². The second kappa shape index (κ2) is 2.60. The van der Waals surface area contributed by atoms with Crippen LogP contribution in [0.5, 0.6) is 0 Å². The molecule has 0 aliphatic rings. The predicted octanol–water partition coefficient (Wildman–Crippen LogP) is 0.734. The summed E-state index contributed by atoms with van der Waals surface area (Å²) in [6.07, 6.45) is 1.61. The molecule has 0 radical (unpaired) electrons. The topological polar surface area (TPSA) is 67.5 Å². The van der Waals surface area contributed by atoms with Gasteiger partial charge < -0.3 is 4.52 Å². The molecule has 3 aromatic rings. The van der Waals surface area contributed by atoms with Crippen molar-refractivity contribution in [3.05, 3.63) is 51.2 Å².